The Morgan fingerprint density at radius 2 is 2.15 bits per heavy atom. The first kappa shape index (κ1) is 16.1. The third-order valence-electron chi connectivity index (χ3n) is 2.87. The number of rotatable bonds is 5. The van der Waals surface area contributed by atoms with Crippen molar-refractivity contribution in [2.45, 2.75) is 19.4 Å². The molecular formula is C13H17ClN2O4. The van der Waals surface area contributed by atoms with Crippen LogP contribution < -0.4 is 10.1 Å². The third kappa shape index (κ3) is 3.77. The third-order valence-corrected chi connectivity index (χ3v) is 3.20. The number of benzene rings is 1. The molecule has 0 saturated carbocycles. The summed E-state index contributed by atoms with van der Waals surface area (Å²) < 4.78 is 5.04. The number of halogens is 1. The lowest BCUT2D eigenvalue weighted by Crippen LogP contribution is -2.44. The van der Waals surface area contributed by atoms with E-state index in [9.17, 15) is 9.59 Å². The molecule has 0 aromatic heterocycles. The highest BCUT2D eigenvalue weighted by Gasteiger charge is 2.25. The average Bonchev–Trinajstić information content (AvgIpc) is 2.41. The Morgan fingerprint density at radius 1 is 1.50 bits per heavy atom. The number of carbonyl (C=O) groups is 2. The molecule has 6 nitrogen and oxygen atoms in total. The number of nitrogens with zero attached hydrogens (tertiary/aromatic N) is 1. The topological polar surface area (TPSA) is 78.9 Å². The molecule has 0 heterocycles. The fourth-order valence-corrected chi connectivity index (χ4v) is 1.85. The summed E-state index contributed by atoms with van der Waals surface area (Å²) in [6.45, 7) is 1.70. The molecule has 0 saturated heterocycles. The quantitative estimate of drug-likeness (QED) is 0.876. The van der Waals surface area contributed by atoms with Crippen LogP contribution in [0, 0.1) is 0 Å². The summed E-state index contributed by atoms with van der Waals surface area (Å²) in [5.74, 6) is -0.514. The molecule has 1 unspecified atom stereocenters. The summed E-state index contributed by atoms with van der Waals surface area (Å²) in [6.07, 6.45) is 0.311. The first-order valence-corrected chi connectivity index (χ1v) is 6.38. The number of likely N-dealkylation sites (N-methyl/N-ethyl adjacent to an activating group) is 1. The molecule has 0 spiro atoms. The van der Waals surface area contributed by atoms with Crippen LogP contribution in [-0.2, 0) is 4.79 Å². The normalized spacial score (nSPS) is 11.6. The first-order chi connectivity index (χ1) is 9.40. The van der Waals surface area contributed by atoms with Gasteiger partial charge in [-0.3, -0.25) is 0 Å². The zero-order valence-electron chi connectivity index (χ0n) is 11.5. The highest BCUT2D eigenvalue weighted by Crippen LogP contribution is 2.27. The summed E-state index contributed by atoms with van der Waals surface area (Å²) in [5.41, 5.74) is 0.364. The highest BCUT2D eigenvalue weighted by atomic mass is 35.5. The van der Waals surface area contributed by atoms with E-state index in [0.717, 1.165) is 4.90 Å². The predicted molar refractivity (Wildman–Crippen MR) is 76.5 cm³/mol. The number of hydrogen-bond donors (Lipinski definition) is 2. The second-order valence-corrected chi connectivity index (χ2v) is 4.56. The van der Waals surface area contributed by atoms with E-state index in [2.05, 4.69) is 5.32 Å². The largest absolute Gasteiger partial charge is 0.497 e. The molecule has 20 heavy (non-hydrogen) atoms. The van der Waals surface area contributed by atoms with Gasteiger partial charge in [0.2, 0.25) is 0 Å². The van der Waals surface area contributed by atoms with Gasteiger partial charge in [0.25, 0.3) is 0 Å². The molecule has 110 valence electrons. The number of carbonyl (C=O) groups excluding carboxylic acids is 1. The second-order valence-electron chi connectivity index (χ2n) is 4.15. The van der Waals surface area contributed by atoms with Gasteiger partial charge in [0.15, 0.2) is 0 Å². The van der Waals surface area contributed by atoms with E-state index in [1.807, 2.05) is 0 Å². The highest BCUT2D eigenvalue weighted by molar-refractivity contribution is 6.33. The van der Waals surface area contributed by atoms with Crippen molar-refractivity contribution >= 4 is 29.3 Å². The van der Waals surface area contributed by atoms with Crippen LogP contribution in [0.4, 0.5) is 10.5 Å². The summed E-state index contributed by atoms with van der Waals surface area (Å²) in [6, 6.07) is 3.38. The first-order valence-electron chi connectivity index (χ1n) is 6.00. The molecule has 0 aliphatic carbocycles. The van der Waals surface area contributed by atoms with Crippen molar-refractivity contribution in [3.8, 4) is 5.75 Å². The maximum Gasteiger partial charge on any atom is 0.326 e. The van der Waals surface area contributed by atoms with Gasteiger partial charge in [-0.2, -0.15) is 0 Å². The molecular weight excluding hydrogens is 284 g/mol. The van der Waals surface area contributed by atoms with Crippen LogP contribution in [0.15, 0.2) is 18.2 Å². The zero-order chi connectivity index (χ0) is 15.3. The number of methoxy groups -OCH3 is 1. The molecule has 1 aromatic rings. The fourth-order valence-electron chi connectivity index (χ4n) is 1.69. The molecule has 2 N–H and O–H groups in total. The molecule has 1 atom stereocenters. The fraction of sp³-hybridized carbons (Fsp3) is 0.385. The van der Waals surface area contributed by atoms with E-state index < -0.39 is 18.0 Å². The maximum absolute atomic E-state index is 12.0. The van der Waals surface area contributed by atoms with Gasteiger partial charge in [0.1, 0.15) is 11.8 Å². The van der Waals surface area contributed by atoms with Gasteiger partial charge >= 0.3 is 12.0 Å². The minimum absolute atomic E-state index is 0.311. The van der Waals surface area contributed by atoms with E-state index in [1.54, 1.807) is 25.1 Å². The van der Waals surface area contributed by atoms with Crippen LogP contribution in [0.5, 0.6) is 5.75 Å². The van der Waals surface area contributed by atoms with Crippen molar-refractivity contribution in [3.63, 3.8) is 0 Å². The van der Waals surface area contributed by atoms with Crippen LogP contribution in [-0.4, -0.2) is 42.2 Å². The molecule has 7 heteroatoms. The van der Waals surface area contributed by atoms with E-state index >= 15 is 0 Å². The number of hydrogen-bond acceptors (Lipinski definition) is 3. The van der Waals surface area contributed by atoms with Gasteiger partial charge in [-0.05, 0) is 18.6 Å². The lowest BCUT2D eigenvalue weighted by atomic mass is 10.2. The Morgan fingerprint density at radius 3 is 2.65 bits per heavy atom. The van der Waals surface area contributed by atoms with Crippen LogP contribution in [0.3, 0.4) is 0 Å². The second kappa shape index (κ2) is 7.00. The number of nitrogens with one attached hydrogen (secondary N) is 1. The van der Waals surface area contributed by atoms with Crippen LogP contribution in [0.1, 0.15) is 13.3 Å². The number of anilines is 1. The average molecular weight is 301 g/mol. The number of ether oxygens (including phenoxy) is 1. The standard InChI is InChI=1S/C13H17ClN2O4/c1-4-11(12(17)18)16(2)13(19)15-10-7-8(20-3)5-6-9(10)14/h5-7,11H,4H2,1-3H3,(H,15,19)(H,17,18). The van der Waals surface area contributed by atoms with Gasteiger partial charge in [0, 0.05) is 13.1 Å². The van der Waals surface area contributed by atoms with Crippen molar-refractivity contribution in [2.24, 2.45) is 0 Å². The minimum Gasteiger partial charge on any atom is -0.497 e. The van der Waals surface area contributed by atoms with Crippen molar-refractivity contribution in [1.29, 1.82) is 0 Å². The van der Waals surface area contributed by atoms with Crippen molar-refractivity contribution in [2.75, 3.05) is 19.5 Å². The van der Waals surface area contributed by atoms with Crippen molar-refractivity contribution in [1.82, 2.24) is 4.90 Å². The SMILES string of the molecule is CCC(C(=O)O)N(C)C(=O)Nc1cc(OC)ccc1Cl. The maximum atomic E-state index is 12.0. The molecule has 0 aliphatic rings. The van der Waals surface area contributed by atoms with Crippen LogP contribution in [0.25, 0.3) is 0 Å². The van der Waals surface area contributed by atoms with Gasteiger partial charge < -0.3 is 20.1 Å². The lowest BCUT2D eigenvalue weighted by Gasteiger charge is -2.24. The Balaban J connectivity index is 2.87. The van der Waals surface area contributed by atoms with E-state index in [4.69, 9.17) is 21.4 Å². The molecule has 2 amide bonds. The summed E-state index contributed by atoms with van der Waals surface area (Å²) in [7, 11) is 2.92. The van der Waals surface area contributed by atoms with E-state index in [0.29, 0.717) is 22.9 Å². The van der Waals surface area contributed by atoms with Gasteiger partial charge in [0.05, 0.1) is 17.8 Å². The Bertz CT molecular complexity index is 507. The van der Waals surface area contributed by atoms with Crippen LogP contribution in [0.2, 0.25) is 5.02 Å². The summed E-state index contributed by atoms with van der Waals surface area (Å²) in [4.78, 5) is 24.2. The van der Waals surface area contributed by atoms with Crippen molar-refractivity contribution < 1.29 is 19.4 Å². The van der Waals surface area contributed by atoms with Gasteiger partial charge in [-0.1, -0.05) is 18.5 Å². The molecule has 0 fully saturated rings. The predicted octanol–water partition coefficient (Wildman–Crippen LogP) is 2.68. The Hall–Kier alpha value is -1.95. The van der Waals surface area contributed by atoms with E-state index in [1.165, 1.54) is 14.2 Å². The number of carboxylic acid groups (broad SMARTS) is 1. The zero-order valence-corrected chi connectivity index (χ0v) is 12.3. The number of carboxylic acids is 1. The van der Waals surface area contributed by atoms with Gasteiger partial charge in [-0.15, -0.1) is 0 Å². The Kier molecular flexibility index (Phi) is 5.64. The smallest absolute Gasteiger partial charge is 0.326 e. The summed E-state index contributed by atoms with van der Waals surface area (Å²) >= 11 is 5.97. The van der Waals surface area contributed by atoms with Crippen molar-refractivity contribution in [3.05, 3.63) is 23.2 Å². The number of aliphatic carboxylic acids is 1. The molecule has 0 aliphatic heterocycles. The van der Waals surface area contributed by atoms with Crippen LogP contribution >= 0.6 is 11.6 Å². The van der Waals surface area contributed by atoms with E-state index in [-0.39, 0.29) is 0 Å². The lowest BCUT2D eigenvalue weighted by molar-refractivity contribution is -0.141. The molecule has 1 aromatic carbocycles. The molecule has 0 radical (unpaired) electrons. The summed E-state index contributed by atoms with van der Waals surface area (Å²) in [5, 5.41) is 11.9. The minimum atomic E-state index is -1.05. The number of urea groups is 1. The monoisotopic (exact) mass is 300 g/mol. The number of amides is 2. The molecule has 0 bridgehead atoms. The Labute approximate surface area is 122 Å². The molecule has 1 rings (SSSR count). The van der Waals surface area contributed by atoms with Gasteiger partial charge in [-0.25, -0.2) is 9.59 Å².